The van der Waals surface area contributed by atoms with Gasteiger partial charge in [0.15, 0.2) is 5.78 Å². The quantitative estimate of drug-likeness (QED) is 0.481. The number of Topliss-reactive ketones (excluding diaryl/α,β-unsaturated/α-hetero) is 1. The fourth-order valence-electron chi connectivity index (χ4n) is 2.46. The summed E-state index contributed by atoms with van der Waals surface area (Å²) in [7, 11) is 1.44. The van der Waals surface area contributed by atoms with E-state index in [1.54, 1.807) is 54.6 Å². The van der Waals surface area contributed by atoms with Crippen LogP contribution >= 0.6 is 0 Å². The molecule has 2 aromatic rings. The molecule has 23 heavy (non-hydrogen) atoms. The van der Waals surface area contributed by atoms with Gasteiger partial charge in [-0.05, 0) is 6.07 Å². The monoisotopic (exact) mass is 315 g/mol. The molecule has 0 unspecified atom stereocenters. The van der Waals surface area contributed by atoms with E-state index in [9.17, 15) is 20.0 Å². The normalized spacial score (nSPS) is 13.1. The van der Waals surface area contributed by atoms with Gasteiger partial charge in [-0.25, -0.2) is 0 Å². The van der Waals surface area contributed by atoms with Gasteiger partial charge in [0.1, 0.15) is 11.9 Å². The highest BCUT2D eigenvalue weighted by atomic mass is 16.6. The fourth-order valence-corrected chi connectivity index (χ4v) is 2.46. The van der Waals surface area contributed by atoms with E-state index >= 15 is 0 Å². The van der Waals surface area contributed by atoms with Crippen LogP contribution in [0.25, 0.3) is 0 Å². The molecule has 0 saturated heterocycles. The maximum Gasteiger partial charge on any atom is 0.213 e. The Labute approximate surface area is 133 Å². The molecule has 0 spiro atoms. The van der Waals surface area contributed by atoms with Crippen molar-refractivity contribution in [1.29, 1.82) is 0 Å². The smallest absolute Gasteiger partial charge is 0.213 e. The van der Waals surface area contributed by atoms with Gasteiger partial charge in [-0.1, -0.05) is 48.5 Å². The molecule has 0 aromatic heterocycles. The van der Waals surface area contributed by atoms with Crippen molar-refractivity contribution in [3.05, 3.63) is 75.8 Å². The number of rotatable bonds is 7. The zero-order valence-electron chi connectivity index (χ0n) is 12.6. The van der Waals surface area contributed by atoms with Crippen LogP contribution in [-0.2, 0) is 0 Å². The van der Waals surface area contributed by atoms with Gasteiger partial charge in [-0.15, -0.1) is 0 Å². The molecular formula is C17H17NO5. The van der Waals surface area contributed by atoms with E-state index in [4.69, 9.17) is 4.74 Å². The number of carbonyl (C=O) groups is 1. The molecule has 2 aromatic carbocycles. The van der Waals surface area contributed by atoms with Crippen molar-refractivity contribution >= 4 is 5.78 Å². The second-order valence-corrected chi connectivity index (χ2v) is 5.04. The number of carbonyl (C=O) groups excluding carboxylic acids is 1. The van der Waals surface area contributed by atoms with Gasteiger partial charge >= 0.3 is 0 Å². The second-order valence-electron chi connectivity index (χ2n) is 5.04. The minimum absolute atomic E-state index is 0.309. The van der Waals surface area contributed by atoms with Crippen molar-refractivity contribution in [1.82, 2.24) is 0 Å². The molecule has 0 aliphatic heterocycles. The van der Waals surface area contributed by atoms with Gasteiger partial charge in [0, 0.05) is 16.1 Å². The van der Waals surface area contributed by atoms with E-state index in [0.29, 0.717) is 16.9 Å². The first-order chi connectivity index (χ1) is 11.0. The van der Waals surface area contributed by atoms with Gasteiger partial charge in [-0.3, -0.25) is 14.9 Å². The molecule has 6 nitrogen and oxygen atoms in total. The Kier molecular flexibility index (Phi) is 5.43. The highest BCUT2D eigenvalue weighted by Crippen LogP contribution is 2.30. The van der Waals surface area contributed by atoms with Crippen LogP contribution in [0.1, 0.15) is 21.8 Å². The lowest BCUT2D eigenvalue weighted by atomic mass is 9.88. The Bertz CT molecular complexity index is 686. The van der Waals surface area contributed by atoms with E-state index in [-0.39, 0.29) is 0 Å². The van der Waals surface area contributed by atoms with E-state index in [1.807, 2.05) is 0 Å². The first-order valence-corrected chi connectivity index (χ1v) is 7.06. The van der Waals surface area contributed by atoms with Gasteiger partial charge in [0.25, 0.3) is 0 Å². The van der Waals surface area contributed by atoms with Crippen LogP contribution in [0.15, 0.2) is 54.6 Å². The second kappa shape index (κ2) is 7.51. The van der Waals surface area contributed by atoms with Crippen LogP contribution in [0.4, 0.5) is 0 Å². The summed E-state index contributed by atoms with van der Waals surface area (Å²) in [4.78, 5) is 22.9. The molecule has 2 rings (SSSR count). The molecule has 0 amide bonds. The van der Waals surface area contributed by atoms with Crippen LogP contribution < -0.4 is 4.74 Å². The van der Waals surface area contributed by atoms with Crippen molar-refractivity contribution in [3.63, 3.8) is 0 Å². The van der Waals surface area contributed by atoms with Crippen LogP contribution in [0.3, 0.4) is 0 Å². The lowest BCUT2D eigenvalue weighted by Crippen LogP contribution is -2.32. The largest absolute Gasteiger partial charge is 0.496 e. The molecule has 120 valence electrons. The topological polar surface area (TPSA) is 89.7 Å². The summed E-state index contributed by atoms with van der Waals surface area (Å²) in [5, 5.41) is 21.4. The van der Waals surface area contributed by atoms with Crippen molar-refractivity contribution < 1.29 is 19.6 Å². The third-order valence-electron chi connectivity index (χ3n) is 3.59. The Morgan fingerprint density at radius 3 is 2.39 bits per heavy atom. The number of ketones is 1. The Morgan fingerprint density at radius 1 is 1.17 bits per heavy atom. The molecule has 1 N–H and O–H groups in total. The molecule has 0 fully saturated rings. The van der Waals surface area contributed by atoms with Gasteiger partial charge in [-0.2, -0.15) is 0 Å². The van der Waals surface area contributed by atoms with Crippen LogP contribution in [0.5, 0.6) is 5.75 Å². The van der Waals surface area contributed by atoms with Gasteiger partial charge < -0.3 is 9.84 Å². The summed E-state index contributed by atoms with van der Waals surface area (Å²) in [6, 6.07) is 14.9. The number of ether oxygens (including phenoxy) is 1. The molecule has 0 aliphatic carbocycles. The van der Waals surface area contributed by atoms with E-state index in [2.05, 4.69) is 0 Å². The van der Waals surface area contributed by atoms with Crippen molar-refractivity contribution in [2.75, 3.05) is 13.7 Å². The van der Waals surface area contributed by atoms with Crippen molar-refractivity contribution in [3.8, 4) is 5.75 Å². The summed E-state index contributed by atoms with van der Waals surface area (Å²) in [5.74, 6) is -1.14. The molecule has 0 radical (unpaired) electrons. The maximum absolute atomic E-state index is 12.4. The Morgan fingerprint density at radius 2 is 1.78 bits per heavy atom. The zero-order valence-corrected chi connectivity index (χ0v) is 12.6. The van der Waals surface area contributed by atoms with E-state index in [1.165, 1.54) is 7.11 Å². The molecule has 0 heterocycles. The average molecular weight is 315 g/mol. The van der Waals surface area contributed by atoms with Crippen LogP contribution in [0, 0.1) is 10.1 Å². The SMILES string of the molecule is COc1ccccc1[C@@H](C[N+](=O)[O-])[C@H](O)C(=O)c1ccccc1. The predicted molar refractivity (Wildman–Crippen MR) is 84.4 cm³/mol. The summed E-state index contributed by atoms with van der Waals surface area (Å²) >= 11 is 0. The van der Waals surface area contributed by atoms with Crippen LogP contribution in [-0.4, -0.2) is 35.6 Å². The number of aliphatic hydroxyl groups excluding tert-OH is 1. The third kappa shape index (κ3) is 3.92. The zero-order chi connectivity index (χ0) is 16.8. The Balaban J connectivity index is 2.38. The fraction of sp³-hybridized carbons (Fsp3) is 0.235. The molecule has 2 atom stereocenters. The van der Waals surface area contributed by atoms with Gasteiger partial charge in [0.05, 0.1) is 13.0 Å². The number of aliphatic hydroxyl groups is 1. The van der Waals surface area contributed by atoms with Gasteiger partial charge in [0.2, 0.25) is 6.54 Å². The maximum atomic E-state index is 12.4. The lowest BCUT2D eigenvalue weighted by Gasteiger charge is -2.21. The molecule has 0 aliphatic rings. The Hall–Kier alpha value is -2.73. The lowest BCUT2D eigenvalue weighted by molar-refractivity contribution is -0.484. The predicted octanol–water partition coefficient (Wildman–Crippen LogP) is 2.30. The van der Waals surface area contributed by atoms with Crippen molar-refractivity contribution in [2.45, 2.75) is 12.0 Å². The standard InChI is InChI=1S/C17H17NO5/c1-23-15-10-6-5-9-13(15)14(11-18(21)22)17(20)16(19)12-7-3-2-4-8-12/h2-10,14,17,20H,11H2,1H3/t14-,17+/m1/s1. The first-order valence-electron chi connectivity index (χ1n) is 7.06. The van der Waals surface area contributed by atoms with E-state index < -0.39 is 29.3 Å². The van der Waals surface area contributed by atoms with E-state index in [0.717, 1.165) is 0 Å². The minimum atomic E-state index is -1.53. The molecular weight excluding hydrogens is 298 g/mol. The number of nitro groups is 1. The first kappa shape index (κ1) is 16.6. The van der Waals surface area contributed by atoms with Crippen LogP contribution in [0.2, 0.25) is 0 Å². The molecule has 0 bridgehead atoms. The average Bonchev–Trinajstić information content (AvgIpc) is 2.59. The number of hydrogen-bond acceptors (Lipinski definition) is 5. The number of methoxy groups -OCH3 is 1. The summed E-state index contributed by atoms with van der Waals surface area (Å²) < 4.78 is 5.20. The summed E-state index contributed by atoms with van der Waals surface area (Å²) in [6.45, 7) is -0.569. The highest BCUT2D eigenvalue weighted by Gasteiger charge is 2.34. The summed E-state index contributed by atoms with van der Waals surface area (Å²) in [6.07, 6.45) is -1.53. The number of hydrogen-bond donors (Lipinski definition) is 1. The number of para-hydroxylation sites is 1. The number of nitrogens with zero attached hydrogens (tertiary/aromatic N) is 1. The third-order valence-corrected chi connectivity index (χ3v) is 3.59. The molecule has 0 saturated carbocycles. The molecule has 6 heteroatoms. The highest BCUT2D eigenvalue weighted by molar-refractivity contribution is 6.00. The van der Waals surface area contributed by atoms with Crippen molar-refractivity contribution in [2.24, 2.45) is 0 Å². The number of benzene rings is 2. The summed E-state index contributed by atoms with van der Waals surface area (Å²) in [5.41, 5.74) is 0.742. The minimum Gasteiger partial charge on any atom is -0.496 e.